The van der Waals surface area contributed by atoms with E-state index in [1.165, 1.54) is 12.5 Å². The molecule has 3 rings (SSSR count). The molecule has 0 aliphatic carbocycles. The van der Waals surface area contributed by atoms with Gasteiger partial charge in [0.25, 0.3) is 5.91 Å². The standard InChI is InChI=1S/C21H33N3O4/c1-16(2)13-19(23-8-11-27-12-9-23)14-22-20(25)17-3-6-24(7-4-17)21(26)18-5-10-28-15-18/h5,10,15-17,19H,3-4,6-9,11-14H2,1-2H3,(H,22,25). The van der Waals surface area contributed by atoms with Crippen LogP contribution in [0.2, 0.25) is 0 Å². The van der Waals surface area contributed by atoms with E-state index in [1.54, 1.807) is 6.07 Å². The molecule has 7 nitrogen and oxygen atoms in total. The first-order valence-corrected chi connectivity index (χ1v) is 10.5. The van der Waals surface area contributed by atoms with E-state index in [1.807, 2.05) is 4.90 Å². The third-order valence-corrected chi connectivity index (χ3v) is 5.74. The molecule has 1 unspecified atom stereocenters. The number of rotatable bonds is 7. The lowest BCUT2D eigenvalue weighted by molar-refractivity contribution is -0.126. The number of carbonyl (C=O) groups is 2. The number of morpholine rings is 1. The van der Waals surface area contributed by atoms with Crippen molar-refractivity contribution in [3.63, 3.8) is 0 Å². The molecule has 0 radical (unpaired) electrons. The summed E-state index contributed by atoms with van der Waals surface area (Å²) in [5.41, 5.74) is 0.574. The second-order valence-electron chi connectivity index (χ2n) is 8.26. The second-order valence-corrected chi connectivity index (χ2v) is 8.26. The molecule has 0 aromatic carbocycles. The van der Waals surface area contributed by atoms with Crippen LogP contribution in [0, 0.1) is 11.8 Å². The van der Waals surface area contributed by atoms with Gasteiger partial charge in [0.2, 0.25) is 5.91 Å². The normalized spacial score (nSPS) is 20.3. The van der Waals surface area contributed by atoms with Gasteiger partial charge in [0, 0.05) is 44.7 Å². The van der Waals surface area contributed by atoms with Crippen molar-refractivity contribution in [2.24, 2.45) is 11.8 Å². The Hall–Kier alpha value is -1.86. The lowest BCUT2D eigenvalue weighted by atomic mass is 9.95. The zero-order chi connectivity index (χ0) is 19.9. The van der Waals surface area contributed by atoms with Gasteiger partial charge >= 0.3 is 0 Å². The monoisotopic (exact) mass is 391 g/mol. The maximum absolute atomic E-state index is 12.7. The Kier molecular flexibility index (Phi) is 7.50. The van der Waals surface area contributed by atoms with Crippen molar-refractivity contribution >= 4 is 11.8 Å². The Labute approximate surface area is 167 Å². The van der Waals surface area contributed by atoms with E-state index in [2.05, 4.69) is 24.1 Å². The van der Waals surface area contributed by atoms with Crippen molar-refractivity contribution in [3.8, 4) is 0 Å². The third kappa shape index (κ3) is 5.58. The molecule has 156 valence electrons. The molecule has 3 heterocycles. The number of nitrogens with one attached hydrogen (secondary N) is 1. The molecule has 28 heavy (non-hydrogen) atoms. The molecule has 0 spiro atoms. The van der Waals surface area contributed by atoms with E-state index in [0.717, 1.165) is 32.7 Å². The largest absolute Gasteiger partial charge is 0.472 e. The Morgan fingerprint density at radius 3 is 2.50 bits per heavy atom. The van der Waals surface area contributed by atoms with Gasteiger partial charge in [-0.3, -0.25) is 14.5 Å². The van der Waals surface area contributed by atoms with Crippen LogP contribution in [-0.4, -0.2) is 73.6 Å². The number of furan rings is 1. The molecule has 1 aromatic heterocycles. The van der Waals surface area contributed by atoms with Crippen molar-refractivity contribution < 1.29 is 18.7 Å². The molecule has 2 saturated heterocycles. The van der Waals surface area contributed by atoms with Crippen LogP contribution in [0.15, 0.2) is 23.0 Å². The van der Waals surface area contributed by atoms with Gasteiger partial charge in [-0.15, -0.1) is 0 Å². The fraction of sp³-hybridized carbons (Fsp3) is 0.714. The number of hydrogen-bond donors (Lipinski definition) is 1. The number of nitrogens with zero attached hydrogens (tertiary/aromatic N) is 2. The van der Waals surface area contributed by atoms with Crippen molar-refractivity contribution in [1.82, 2.24) is 15.1 Å². The quantitative estimate of drug-likeness (QED) is 0.769. The molecule has 2 amide bonds. The second kappa shape index (κ2) is 10.1. The highest BCUT2D eigenvalue weighted by atomic mass is 16.5. The molecule has 2 aliphatic heterocycles. The van der Waals surface area contributed by atoms with Crippen LogP contribution in [0.1, 0.15) is 43.5 Å². The molecule has 0 saturated carbocycles. The highest BCUT2D eigenvalue weighted by Gasteiger charge is 2.29. The smallest absolute Gasteiger partial charge is 0.257 e. The van der Waals surface area contributed by atoms with Crippen molar-refractivity contribution in [2.45, 2.75) is 39.2 Å². The van der Waals surface area contributed by atoms with Crippen molar-refractivity contribution in [1.29, 1.82) is 0 Å². The maximum atomic E-state index is 12.7. The van der Waals surface area contributed by atoms with E-state index < -0.39 is 0 Å². The summed E-state index contributed by atoms with van der Waals surface area (Å²) < 4.78 is 10.5. The summed E-state index contributed by atoms with van der Waals surface area (Å²) >= 11 is 0. The van der Waals surface area contributed by atoms with Crippen LogP contribution in [0.25, 0.3) is 0 Å². The minimum absolute atomic E-state index is 0.0159. The van der Waals surface area contributed by atoms with Crippen LogP contribution in [0.3, 0.4) is 0 Å². The predicted octanol–water partition coefficient (Wildman–Crippen LogP) is 1.99. The molecule has 1 aromatic rings. The molecular weight excluding hydrogens is 358 g/mol. The molecule has 0 bridgehead atoms. The van der Waals surface area contributed by atoms with Gasteiger partial charge in [0.15, 0.2) is 0 Å². The summed E-state index contributed by atoms with van der Waals surface area (Å²) in [5.74, 6) is 0.675. The van der Waals surface area contributed by atoms with Crippen LogP contribution in [0.5, 0.6) is 0 Å². The average molecular weight is 392 g/mol. The van der Waals surface area contributed by atoms with Gasteiger partial charge in [-0.05, 0) is 31.2 Å². The minimum atomic E-state index is -0.0167. The lowest BCUT2D eigenvalue weighted by Gasteiger charge is -2.36. The summed E-state index contributed by atoms with van der Waals surface area (Å²) in [6.07, 6.45) is 5.47. The van der Waals surface area contributed by atoms with Gasteiger partial charge in [-0.2, -0.15) is 0 Å². The zero-order valence-electron chi connectivity index (χ0n) is 17.1. The van der Waals surface area contributed by atoms with Crippen LogP contribution < -0.4 is 5.32 Å². The van der Waals surface area contributed by atoms with E-state index in [-0.39, 0.29) is 17.7 Å². The van der Waals surface area contributed by atoms with Gasteiger partial charge in [-0.1, -0.05) is 13.8 Å². The fourth-order valence-electron chi connectivity index (χ4n) is 4.12. The Morgan fingerprint density at radius 2 is 1.89 bits per heavy atom. The fourth-order valence-corrected chi connectivity index (χ4v) is 4.12. The summed E-state index contributed by atoms with van der Waals surface area (Å²) in [6.45, 7) is 9.76. The van der Waals surface area contributed by atoms with Gasteiger partial charge in [0.1, 0.15) is 6.26 Å². The van der Waals surface area contributed by atoms with Crippen LogP contribution >= 0.6 is 0 Å². The summed E-state index contributed by atoms with van der Waals surface area (Å²) in [4.78, 5) is 29.3. The van der Waals surface area contributed by atoms with E-state index in [9.17, 15) is 9.59 Å². The first-order chi connectivity index (χ1) is 13.5. The maximum Gasteiger partial charge on any atom is 0.257 e. The van der Waals surface area contributed by atoms with Crippen LogP contribution in [-0.2, 0) is 9.53 Å². The van der Waals surface area contributed by atoms with Crippen LogP contribution in [0.4, 0.5) is 0 Å². The summed E-state index contributed by atoms with van der Waals surface area (Å²) in [5, 5.41) is 3.19. The SMILES string of the molecule is CC(C)CC(CNC(=O)C1CCN(C(=O)c2ccoc2)CC1)N1CCOCC1. The Morgan fingerprint density at radius 1 is 1.18 bits per heavy atom. The summed E-state index contributed by atoms with van der Waals surface area (Å²) in [6, 6.07) is 2.04. The molecule has 2 fully saturated rings. The zero-order valence-corrected chi connectivity index (χ0v) is 17.1. The average Bonchev–Trinajstić information content (AvgIpc) is 3.25. The Bertz CT molecular complexity index is 618. The molecule has 2 aliphatic rings. The molecule has 1 atom stereocenters. The molecular formula is C21H33N3O4. The number of hydrogen-bond acceptors (Lipinski definition) is 5. The number of likely N-dealkylation sites (tertiary alicyclic amines) is 1. The summed E-state index contributed by atoms with van der Waals surface area (Å²) in [7, 11) is 0. The number of amides is 2. The van der Waals surface area contributed by atoms with Crippen molar-refractivity contribution in [2.75, 3.05) is 45.9 Å². The van der Waals surface area contributed by atoms with Crippen molar-refractivity contribution in [3.05, 3.63) is 24.2 Å². The number of carbonyl (C=O) groups excluding carboxylic acids is 2. The number of ether oxygens (including phenoxy) is 1. The predicted molar refractivity (Wildman–Crippen MR) is 106 cm³/mol. The molecule has 1 N–H and O–H groups in total. The van der Waals surface area contributed by atoms with Gasteiger partial charge in [-0.25, -0.2) is 0 Å². The minimum Gasteiger partial charge on any atom is -0.472 e. The molecule has 7 heteroatoms. The van der Waals surface area contributed by atoms with E-state index in [4.69, 9.17) is 9.15 Å². The van der Waals surface area contributed by atoms with E-state index >= 15 is 0 Å². The third-order valence-electron chi connectivity index (χ3n) is 5.74. The van der Waals surface area contributed by atoms with Gasteiger partial charge < -0.3 is 19.4 Å². The van der Waals surface area contributed by atoms with E-state index in [0.29, 0.717) is 50.0 Å². The first-order valence-electron chi connectivity index (χ1n) is 10.5. The highest BCUT2D eigenvalue weighted by Crippen LogP contribution is 2.20. The van der Waals surface area contributed by atoms with Gasteiger partial charge in [0.05, 0.1) is 25.0 Å². The highest BCUT2D eigenvalue weighted by molar-refractivity contribution is 5.94. The first kappa shape index (κ1) is 20.9. The number of piperidine rings is 1. The topological polar surface area (TPSA) is 75.0 Å². The Balaban J connectivity index is 1.45. The lowest BCUT2D eigenvalue weighted by Crippen LogP contribution is -2.50.